The summed E-state index contributed by atoms with van der Waals surface area (Å²) in [7, 11) is -3.44. The van der Waals surface area contributed by atoms with Crippen LogP contribution in [0.25, 0.3) is 0 Å². The van der Waals surface area contributed by atoms with E-state index in [1.165, 1.54) is 28.6 Å². The maximum Gasteiger partial charge on any atom is 0.251 e. The molecular formula is C16H18N2O4S. The summed E-state index contributed by atoms with van der Waals surface area (Å²) in [5.41, 5.74) is 0.414. The maximum absolute atomic E-state index is 12.4. The third-order valence-corrected chi connectivity index (χ3v) is 5.74. The number of rotatable bonds is 5. The molecule has 2 aromatic rings. The molecule has 0 unspecified atom stereocenters. The molecular weight excluding hydrogens is 316 g/mol. The molecule has 0 radical (unpaired) electrons. The summed E-state index contributed by atoms with van der Waals surface area (Å²) in [6, 6.07) is 9.54. The van der Waals surface area contributed by atoms with Crippen molar-refractivity contribution >= 4 is 15.9 Å². The van der Waals surface area contributed by atoms with Crippen LogP contribution in [0.5, 0.6) is 0 Å². The summed E-state index contributed by atoms with van der Waals surface area (Å²) in [4.78, 5) is 12.3. The Morgan fingerprint density at radius 2 is 1.83 bits per heavy atom. The Hall–Kier alpha value is -2.12. The van der Waals surface area contributed by atoms with Crippen molar-refractivity contribution in [2.24, 2.45) is 0 Å². The fraction of sp³-hybridized carbons (Fsp3) is 0.312. The summed E-state index contributed by atoms with van der Waals surface area (Å²) in [5, 5.41) is 2.72. The predicted octanol–water partition coefficient (Wildman–Crippen LogP) is 1.99. The highest BCUT2D eigenvalue weighted by Gasteiger charge is 2.27. The summed E-state index contributed by atoms with van der Waals surface area (Å²) in [5.74, 6) is 0.387. The van der Waals surface area contributed by atoms with Crippen LogP contribution in [0.3, 0.4) is 0 Å². The Bertz CT molecular complexity index is 761. The van der Waals surface area contributed by atoms with Crippen molar-refractivity contribution in [3.8, 4) is 0 Å². The van der Waals surface area contributed by atoms with E-state index in [4.69, 9.17) is 4.42 Å². The molecule has 1 aromatic heterocycles. The minimum absolute atomic E-state index is 0.224. The van der Waals surface area contributed by atoms with Crippen LogP contribution in [-0.4, -0.2) is 31.7 Å². The van der Waals surface area contributed by atoms with E-state index in [1.54, 1.807) is 18.4 Å². The van der Waals surface area contributed by atoms with Crippen LogP contribution < -0.4 is 5.32 Å². The molecule has 122 valence electrons. The fourth-order valence-electron chi connectivity index (χ4n) is 2.54. The Labute approximate surface area is 135 Å². The van der Waals surface area contributed by atoms with Crippen LogP contribution >= 0.6 is 0 Å². The largest absolute Gasteiger partial charge is 0.467 e. The van der Waals surface area contributed by atoms with Gasteiger partial charge < -0.3 is 9.73 Å². The number of benzene rings is 1. The lowest BCUT2D eigenvalue weighted by Crippen LogP contribution is -2.28. The number of furan rings is 1. The molecule has 0 bridgehead atoms. The first-order chi connectivity index (χ1) is 11.1. The Balaban J connectivity index is 1.67. The summed E-state index contributed by atoms with van der Waals surface area (Å²) < 4.78 is 31.4. The SMILES string of the molecule is O=C(NCc1ccco1)c1ccc(S(=O)(=O)N2CCCC2)cc1. The predicted molar refractivity (Wildman–Crippen MR) is 84.3 cm³/mol. The second-order valence-corrected chi connectivity index (χ2v) is 7.34. The number of carbonyl (C=O) groups is 1. The van der Waals surface area contributed by atoms with Crippen LogP contribution in [0.4, 0.5) is 0 Å². The van der Waals surface area contributed by atoms with Gasteiger partial charge in [-0.05, 0) is 49.2 Å². The van der Waals surface area contributed by atoms with E-state index in [-0.39, 0.29) is 10.8 Å². The highest BCUT2D eigenvalue weighted by atomic mass is 32.2. The summed E-state index contributed by atoms with van der Waals surface area (Å²) in [6.07, 6.45) is 3.33. The number of hydrogen-bond acceptors (Lipinski definition) is 4. The quantitative estimate of drug-likeness (QED) is 0.907. The monoisotopic (exact) mass is 334 g/mol. The first kappa shape index (κ1) is 15.8. The molecule has 0 aliphatic carbocycles. The molecule has 1 saturated heterocycles. The zero-order chi connectivity index (χ0) is 16.3. The summed E-state index contributed by atoms with van der Waals surface area (Å²) >= 11 is 0. The lowest BCUT2D eigenvalue weighted by molar-refractivity contribution is 0.0948. The van der Waals surface area contributed by atoms with Crippen molar-refractivity contribution in [2.45, 2.75) is 24.3 Å². The van der Waals surface area contributed by atoms with Crippen molar-refractivity contribution in [2.75, 3.05) is 13.1 Å². The molecule has 1 amide bonds. The standard InChI is InChI=1S/C16H18N2O4S/c19-16(17-12-14-4-3-11-22-14)13-5-7-15(8-6-13)23(20,21)18-9-1-2-10-18/h3-8,11H,1-2,9-10,12H2,(H,17,19). The number of amides is 1. The Morgan fingerprint density at radius 3 is 2.43 bits per heavy atom. The van der Waals surface area contributed by atoms with Gasteiger partial charge >= 0.3 is 0 Å². The molecule has 1 N–H and O–H groups in total. The van der Waals surface area contributed by atoms with Gasteiger partial charge in [-0.3, -0.25) is 4.79 Å². The molecule has 6 nitrogen and oxygen atoms in total. The minimum atomic E-state index is -3.44. The number of carbonyl (C=O) groups excluding carboxylic acids is 1. The number of sulfonamides is 1. The highest BCUT2D eigenvalue weighted by Crippen LogP contribution is 2.21. The number of nitrogens with one attached hydrogen (secondary N) is 1. The van der Waals surface area contributed by atoms with Gasteiger partial charge in [0.2, 0.25) is 10.0 Å². The maximum atomic E-state index is 12.4. The lowest BCUT2D eigenvalue weighted by atomic mass is 10.2. The second kappa shape index (κ2) is 6.55. The van der Waals surface area contributed by atoms with Crippen molar-refractivity contribution in [1.82, 2.24) is 9.62 Å². The van der Waals surface area contributed by atoms with Crippen molar-refractivity contribution < 1.29 is 17.6 Å². The van der Waals surface area contributed by atoms with Gasteiger partial charge in [-0.2, -0.15) is 4.31 Å². The third-order valence-electron chi connectivity index (χ3n) is 3.82. The molecule has 1 fully saturated rings. The van der Waals surface area contributed by atoms with E-state index in [0.717, 1.165) is 12.8 Å². The second-order valence-electron chi connectivity index (χ2n) is 5.40. The van der Waals surface area contributed by atoms with E-state index in [2.05, 4.69) is 5.32 Å². The van der Waals surface area contributed by atoms with E-state index in [1.807, 2.05) is 0 Å². The van der Waals surface area contributed by atoms with Gasteiger partial charge in [0.25, 0.3) is 5.91 Å². The van der Waals surface area contributed by atoms with Crippen LogP contribution in [-0.2, 0) is 16.6 Å². The molecule has 1 aromatic carbocycles. The fourth-order valence-corrected chi connectivity index (χ4v) is 4.06. The highest BCUT2D eigenvalue weighted by molar-refractivity contribution is 7.89. The smallest absolute Gasteiger partial charge is 0.251 e. The van der Waals surface area contributed by atoms with Crippen LogP contribution in [0.1, 0.15) is 29.0 Å². The Kier molecular flexibility index (Phi) is 4.49. The molecule has 1 aliphatic rings. The minimum Gasteiger partial charge on any atom is -0.467 e. The molecule has 1 aliphatic heterocycles. The number of hydrogen-bond donors (Lipinski definition) is 1. The topological polar surface area (TPSA) is 79.6 Å². The molecule has 0 atom stereocenters. The van der Waals surface area contributed by atoms with Crippen LogP contribution in [0.2, 0.25) is 0 Å². The first-order valence-corrected chi connectivity index (χ1v) is 8.92. The third kappa shape index (κ3) is 3.46. The van der Waals surface area contributed by atoms with Gasteiger partial charge in [0.15, 0.2) is 0 Å². The molecule has 7 heteroatoms. The van der Waals surface area contributed by atoms with Crippen LogP contribution in [0.15, 0.2) is 52.0 Å². The van der Waals surface area contributed by atoms with Crippen molar-refractivity contribution in [1.29, 1.82) is 0 Å². The average Bonchev–Trinajstić information content (AvgIpc) is 3.26. The normalized spacial score (nSPS) is 15.7. The molecule has 3 rings (SSSR count). The van der Waals surface area contributed by atoms with Gasteiger partial charge in [-0.15, -0.1) is 0 Å². The average molecular weight is 334 g/mol. The van der Waals surface area contributed by atoms with Gasteiger partial charge in [0.05, 0.1) is 17.7 Å². The number of nitrogens with zero attached hydrogens (tertiary/aromatic N) is 1. The van der Waals surface area contributed by atoms with Crippen molar-refractivity contribution in [3.63, 3.8) is 0 Å². The van der Waals surface area contributed by atoms with Gasteiger partial charge in [0.1, 0.15) is 5.76 Å². The molecule has 23 heavy (non-hydrogen) atoms. The molecule has 0 spiro atoms. The first-order valence-electron chi connectivity index (χ1n) is 7.48. The Morgan fingerprint density at radius 1 is 1.13 bits per heavy atom. The zero-order valence-electron chi connectivity index (χ0n) is 12.6. The van der Waals surface area contributed by atoms with E-state index in [9.17, 15) is 13.2 Å². The molecule has 2 heterocycles. The van der Waals surface area contributed by atoms with E-state index >= 15 is 0 Å². The van der Waals surface area contributed by atoms with E-state index in [0.29, 0.717) is 31.0 Å². The van der Waals surface area contributed by atoms with Gasteiger partial charge in [-0.25, -0.2) is 8.42 Å². The lowest BCUT2D eigenvalue weighted by Gasteiger charge is -2.15. The van der Waals surface area contributed by atoms with Crippen molar-refractivity contribution in [3.05, 3.63) is 54.0 Å². The zero-order valence-corrected chi connectivity index (χ0v) is 13.4. The summed E-state index contributed by atoms with van der Waals surface area (Å²) in [6.45, 7) is 1.42. The van der Waals surface area contributed by atoms with Gasteiger partial charge in [-0.1, -0.05) is 0 Å². The van der Waals surface area contributed by atoms with Crippen LogP contribution in [0, 0.1) is 0 Å². The molecule has 0 saturated carbocycles. The van der Waals surface area contributed by atoms with E-state index < -0.39 is 10.0 Å². The van der Waals surface area contributed by atoms with Gasteiger partial charge in [0, 0.05) is 18.7 Å².